The first-order chi connectivity index (χ1) is 10.2. The van der Waals surface area contributed by atoms with Gasteiger partial charge in [0.25, 0.3) is 0 Å². The van der Waals surface area contributed by atoms with E-state index in [1.54, 1.807) is 36.7 Å². The first-order valence-electron chi connectivity index (χ1n) is 6.41. The summed E-state index contributed by atoms with van der Waals surface area (Å²) in [5.74, 6) is -0.0296. The van der Waals surface area contributed by atoms with Crippen molar-refractivity contribution in [3.05, 3.63) is 65.5 Å². The van der Waals surface area contributed by atoms with E-state index in [1.807, 2.05) is 12.1 Å². The summed E-state index contributed by atoms with van der Waals surface area (Å²) in [4.78, 5) is 15.8. The average molecular weight is 284 g/mol. The largest absolute Gasteiger partial charge is 0.409 e. The molecule has 2 aromatic rings. The molecule has 1 aromatic carbocycles. The topological polar surface area (TPSA) is 101 Å². The van der Waals surface area contributed by atoms with Crippen LogP contribution in [-0.4, -0.2) is 21.9 Å². The number of aromatic nitrogens is 1. The predicted octanol–water partition coefficient (Wildman–Crippen LogP) is 1.03. The van der Waals surface area contributed by atoms with Gasteiger partial charge < -0.3 is 16.3 Å². The number of nitrogens with two attached hydrogens (primary N) is 1. The first-order valence-corrected chi connectivity index (χ1v) is 6.41. The minimum atomic E-state index is -0.0737. The van der Waals surface area contributed by atoms with E-state index in [2.05, 4.69) is 15.5 Å². The molecule has 108 valence electrons. The van der Waals surface area contributed by atoms with Crippen molar-refractivity contribution < 1.29 is 10.0 Å². The molecule has 0 bridgehead atoms. The Bertz CT molecular complexity index is 624. The van der Waals surface area contributed by atoms with Crippen molar-refractivity contribution in [2.45, 2.75) is 13.0 Å². The van der Waals surface area contributed by atoms with E-state index in [0.717, 1.165) is 11.1 Å². The highest BCUT2D eigenvalue weighted by Gasteiger charge is 2.05. The Hall–Kier alpha value is -2.89. The van der Waals surface area contributed by atoms with Crippen LogP contribution in [0.5, 0.6) is 0 Å². The number of hydrogen-bond donors (Lipinski definition) is 3. The molecule has 0 aliphatic carbocycles. The number of amides is 1. The van der Waals surface area contributed by atoms with Crippen LogP contribution in [0.25, 0.3) is 0 Å². The fourth-order valence-corrected chi connectivity index (χ4v) is 1.80. The minimum absolute atomic E-state index is 0.0441. The average Bonchev–Trinajstić information content (AvgIpc) is 2.54. The van der Waals surface area contributed by atoms with Crippen molar-refractivity contribution >= 4 is 11.7 Å². The maximum absolute atomic E-state index is 11.8. The molecule has 0 aliphatic rings. The number of pyridine rings is 1. The molecule has 0 unspecified atom stereocenters. The zero-order valence-electron chi connectivity index (χ0n) is 11.4. The van der Waals surface area contributed by atoms with E-state index < -0.39 is 0 Å². The molecule has 0 fully saturated rings. The van der Waals surface area contributed by atoms with Crippen LogP contribution in [0.1, 0.15) is 16.7 Å². The van der Waals surface area contributed by atoms with Crippen molar-refractivity contribution in [2.24, 2.45) is 10.9 Å². The number of nitrogens with zero attached hydrogens (tertiary/aromatic N) is 2. The first kappa shape index (κ1) is 14.5. The quantitative estimate of drug-likeness (QED) is 0.330. The van der Waals surface area contributed by atoms with Gasteiger partial charge in [0, 0.05) is 24.5 Å². The van der Waals surface area contributed by atoms with Gasteiger partial charge in [-0.05, 0) is 17.2 Å². The van der Waals surface area contributed by atoms with Gasteiger partial charge in [0.2, 0.25) is 5.91 Å². The summed E-state index contributed by atoms with van der Waals surface area (Å²) in [6, 6.07) is 10.7. The molecular formula is C15H16N4O2. The van der Waals surface area contributed by atoms with Gasteiger partial charge in [-0.1, -0.05) is 35.5 Å². The Morgan fingerprint density at radius 1 is 1.24 bits per heavy atom. The van der Waals surface area contributed by atoms with Crippen molar-refractivity contribution in [1.82, 2.24) is 10.3 Å². The molecule has 0 saturated carbocycles. The molecule has 1 amide bonds. The molecule has 1 aromatic heterocycles. The van der Waals surface area contributed by atoms with Crippen LogP contribution >= 0.6 is 0 Å². The van der Waals surface area contributed by atoms with Crippen LogP contribution < -0.4 is 11.1 Å². The van der Waals surface area contributed by atoms with Crippen molar-refractivity contribution in [3.8, 4) is 0 Å². The molecule has 0 spiro atoms. The third-order valence-corrected chi connectivity index (χ3v) is 2.93. The van der Waals surface area contributed by atoms with Crippen LogP contribution in [-0.2, 0) is 17.8 Å². The fourth-order valence-electron chi connectivity index (χ4n) is 1.80. The summed E-state index contributed by atoms with van der Waals surface area (Å²) in [7, 11) is 0. The standard InChI is InChI=1S/C15H16N4O2/c16-15(19-21)13-5-3-11(4-6-13)8-14(20)18-10-12-2-1-7-17-9-12/h1-7,9,21H,8,10H2,(H2,16,19)(H,18,20). The van der Waals surface area contributed by atoms with Crippen molar-refractivity contribution in [1.29, 1.82) is 0 Å². The summed E-state index contributed by atoms with van der Waals surface area (Å²) < 4.78 is 0. The molecule has 0 aliphatic heterocycles. The molecular weight excluding hydrogens is 268 g/mol. The highest BCUT2D eigenvalue weighted by Crippen LogP contribution is 2.05. The van der Waals surface area contributed by atoms with E-state index in [0.29, 0.717) is 12.1 Å². The number of carbonyl (C=O) groups excluding carboxylic acids is 1. The monoisotopic (exact) mass is 284 g/mol. The van der Waals surface area contributed by atoms with Gasteiger partial charge in [-0.25, -0.2) is 0 Å². The molecule has 2 rings (SSSR count). The number of amidine groups is 1. The van der Waals surface area contributed by atoms with Gasteiger partial charge in [-0.3, -0.25) is 9.78 Å². The fraction of sp³-hybridized carbons (Fsp3) is 0.133. The van der Waals surface area contributed by atoms with Crippen molar-refractivity contribution in [2.75, 3.05) is 0 Å². The minimum Gasteiger partial charge on any atom is -0.409 e. The summed E-state index contributed by atoms with van der Waals surface area (Å²) in [5, 5.41) is 14.3. The summed E-state index contributed by atoms with van der Waals surface area (Å²) >= 11 is 0. The molecule has 21 heavy (non-hydrogen) atoms. The lowest BCUT2D eigenvalue weighted by molar-refractivity contribution is -0.120. The molecule has 0 radical (unpaired) electrons. The van der Waals surface area contributed by atoms with E-state index >= 15 is 0 Å². The Morgan fingerprint density at radius 3 is 2.62 bits per heavy atom. The van der Waals surface area contributed by atoms with Crippen LogP contribution in [0.3, 0.4) is 0 Å². The Balaban J connectivity index is 1.88. The van der Waals surface area contributed by atoms with Gasteiger partial charge >= 0.3 is 0 Å². The molecule has 6 heteroatoms. The van der Waals surface area contributed by atoms with Gasteiger partial charge in [0.15, 0.2) is 5.84 Å². The van der Waals surface area contributed by atoms with E-state index in [-0.39, 0.29) is 18.2 Å². The normalized spacial score (nSPS) is 11.1. The summed E-state index contributed by atoms with van der Waals surface area (Å²) in [5.41, 5.74) is 7.89. The van der Waals surface area contributed by atoms with E-state index in [1.165, 1.54) is 0 Å². The number of carbonyl (C=O) groups is 1. The van der Waals surface area contributed by atoms with Gasteiger partial charge in [0.05, 0.1) is 6.42 Å². The van der Waals surface area contributed by atoms with Gasteiger partial charge in [-0.2, -0.15) is 0 Å². The lowest BCUT2D eigenvalue weighted by Gasteiger charge is -2.06. The van der Waals surface area contributed by atoms with E-state index in [9.17, 15) is 4.79 Å². The number of rotatable bonds is 5. The third kappa shape index (κ3) is 4.31. The lowest BCUT2D eigenvalue weighted by Crippen LogP contribution is -2.24. The molecule has 1 heterocycles. The number of oxime groups is 1. The van der Waals surface area contributed by atoms with Crippen LogP contribution in [0.4, 0.5) is 0 Å². The van der Waals surface area contributed by atoms with Crippen LogP contribution in [0, 0.1) is 0 Å². The zero-order chi connectivity index (χ0) is 15.1. The zero-order valence-corrected chi connectivity index (χ0v) is 11.4. The van der Waals surface area contributed by atoms with Gasteiger partial charge in [-0.15, -0.1) is 0 Å². The second-order valence-electron chi connectivity index (χ2n) is 4.50. The van der Waals surface area contributed by atoms with Crippen LogP contribution in [0.15, 0.2) is 53.9 Å². The van der Waals surface area contributed by atoms with E-state index in [4.69, 9.17) is 10.9 Å². The second-order valence-corrected chi connectivity index (χ2v) is 4.50. The maximum atomic E-state index is 11.8. The highest BCUT2D eigenvalue weighted by molar-refractivity contribution is 5.97. The molecule has 4 N–H and O–H groups in total. The summed E-state index contributed by atoms with van der Waals surface area (Å²) in [6.07, 6.45) is 3.68. The molecule has 0 atom stereocenters. The lowest BCUT2D eigenvalue weighted by atomic mass is 10.1. The SMILES string of the molecule is NC(=NO)c1ccc(CC(=O)NCc2cccnc2)cc1. The number of nitrogens with one attached hydrogen (secondary N) is 1. The molecule has 0 saturated heterocycles. The Labute approximate surface area is 122 Å². The Kier molecular flexibility index (Phi) is 4.87. The second kappa shape index (κ2) is 7.04. The van der Waals surface area contributed by atoms with Crippen LogP contribution in [0.2, 0.25) is 0 Å². The Morgan fingerprint density at radius 2 is 2.00 bits per heavy atom. The van der Waals surface area contributed by atoms with Crippen molar-refractivity contribution in [3.63, 3.8) is 0 Å². The highest BCUT2D eigenvalue weighted by atomic mass is 16.4. The van der Waals surface area contributed by atoms with Gasteiger partial charge in [0.1, 0.15) is 0 Å². The maximum Gasteiger partial charge on any atom is 0.224 e. The number of hydrogen-bond acceptors (Lipinski definition) is 4. The third-order valence-electron chi connectivity index (χ3n) is 2.93. The predicted molar refractivity (Wildman–Crippen MR) is 78.7 cm³/mol. The molecule has 6 nitrogen and oxygen atoms in total. The number of benzene rings is 1. The smallest absolute Gasteiger partial charge is 0.224 e. The summed E-state index contributed by atoms with van der Waals surface area (Å²) in [6.45, 7) is 0.453.